The van der Waals surface area contributed by atoms with Gasteiger partial charge >= 0.3 is 0 Å². The highest BCUT2D eigenvalue weighted by atomic mass is 35.5. The van der Waals surface area contributed by atoms with Crippen molar-refractivity contribution in [2.45, 2.75) is 25.9 Å². The standard InChI is InChI=1S/C32H33ClN4O5/c1-21-7-4-5-9-26(21)31(39)36(18-25-8-6-16-42-25)20-30(38)35-32-34-27(22-10-12-23(33)13-11-22)19-37(32)24-14-15-28(40-2)29(17-24)41-3/h4-5,7,9-15,17,19,25H,6,8,16,18,20H2,1-3H3,(H,34,35,38)/t25-/m1/s1. The number of anilines is 1. The Hall–Kier alpha value is -4.34. The van der Waals surface area contributed by atoms with Gasteiger partial charge in [-0.3, -0.25) is 19.5 Å². The molecule has 1 aliphatic rings. The normalized spacial score (nSPS) is 14.4. The molecule has 3 aromatic carbocycles. The molecule has 0 spiro atoms. The Bertz CT molecular complexity index is 1560. The van der Waals surface area contributed by atoms with E-state index in [0.717, 1.165) is 24.0 Å². The summed E-state index contributed by atoms with van der Waals surface area (Å²) in [6, 6.07) is 20.1. The lowest BCUT2D eigenvalue weighted by atomic mass is 10.1. The number of aromatic nitrogens is 2. The van der Waals surface area contributed by atoms with Crippen molar-refractivity contribution in [3.05, 3.63) is 89.1 Å². The van der Waals surface area contributed by atoms with Crippen molar-refractivity contribution in [1.29, 1.82) is 0 Å². The Kier molecular flexibility index (Phi) is 9.09. The molecule has 2 amide bonds. The van der Waals surface area contributed by atoms with Crippen LogP contribution < -0.4 is 14.8 Å². The molecule has 5 rings (SSSR count). The second-order valence-electron chi connectivity index (χ2n) is 10.0. The Morgan fingerprint density at radius 1 is 1.07 bits per heavy atom. The molecule has 0 aliphatic carbocycles. The monoisotopic (exact) mass is 588 g/mol. The van der Waals surface area contributed by atoms with Gasteiger partial charge in [-0.2, -0.15) is 0 Å². The zero-order valence-electron chi connectivity index (χ0n) is 23.8. The van der Waals surface area contributed by atoms with Crippen molar-refractivity contribution < 1.29 is 23.8 Å². The molecule has 1 atom stereocenters. The highest BCUT2D eigenvalue weighted by Gasteiger charge is 2.27. The van der Waals surface area contributed by atoms with E-state index in [1.54, 1.807) is 54.0 Å². The van der Waals surface area contributed by atoms with Crippen LogP contribution in [-0.4, -0.2) is 66.3 Å². The Balaban J connectivity index is 1.46. The van der Waals surface area contributed by atoms with Gasteiger partial charge in [0.2, 0.25) is 11.9 Å². The number of hydrogen-bond acceptors (Lipinski definition) is 6. The Labute approximate surface area is 250 Å². The molecule has 10 heteroatoms. The minimum absolute atomic E-state index is 0.115. The fraction of sp³-hybridized carbons (Fsp3) is 0.281. The minimum atomic E-state index is -0.384. The molecular formula is C32H33ClN4O5. The maximum absolute atomic E-state index is 13.6. The van der Waals surface area contributed by atoms with Crippen LogP contribution in [0.25, 0.3) is 16.9 Å². The average molecular weight is 589 g/mol. The minimum Gasteiger partial charge on any atom is -0.493 e. The third-order valence-electron chi connectivity index (χ3n) is 7.19. The topological polar surface area (TPSA) is 94.9 Å². The predicted octanol–water partition coefficient (Wildman–Crippen LogP) is 5.78. The summed E-state index contributed by atoms with van der Waals surface area (Å²) in [6.07, 6.45) is 3.48. The number of amides is 2. The number of carbonyl (C=O) groups excluding carboxylic acids is 2. The number of benzene rings is 3. The largest absolute Gasteiger partial charge is 0.493 e. The van der Waals surface area contributed by atoms with Gasteiger partial charge in [-0.15, -0.1) is 0 Å². The van der Waals surface area contributed by atoms with Gasteiger partial charge in [-0.25, -0.2) is 4.98 Å². The number of aryl methyl sites for hydroxylation is 1. The molecule has 9 nitrogen and oxygen atoms in total. The summed E-state index contributed by atoms with van der Waals surface area (Å²) in [5, 5.41) is 3.54. The summed E-state index contributed by atoms with van der Waals surface area (Å²) < 4.78 is 18.5. The first-order chi connectivity index (χ1) is 20.4. The maximum Gasteiger partial charge on any atom is 0.254 e. The Morgan fingerprint density at radius 3 is 2.52 bits per heavy atom. The molecule has 42 heavy (non-hydrogen) atoms. The van der Waals surface area contributed by atoms with E-state index in [1.807, 2.05) is 49.5 Å². The van der Waals surface area contributed by atoms with E-state index in [0.29, 0.717) is 46.6 Å². The molecule has 218 valence electrons. The number of hydrogen-bond donors (Lipinski definition) is 1. The second kappa shape index (κ2) is 13.1. The van der Waals surface area contributed by atoms with E-state index in [1.165, 1.54) is 0 Å². The van der Waals surface area contributed by atoms with Gasteiger partial charge in [-0.05, 0) is 55.7 Å². The average Bonchev–Trinajstić information content (AvgIpc) is 3.67. The zero-order valence-corrected chi connectivity index (χ0v) is 24.6. The molecule has 0 unspecified atom stereocenters. The van der Waals surface area contributed by atoms with Crippen LogP contribution in [0.2, 0.25) is 5.02 Å². The van der Waals surface area contributed by atoms with Crippen LogP contribution in [0.15, 0.2) is 72.9 Å². The third-order valence-corrected chi connectivity index (χ3v) is 7.44. The first kappa shape index (κ1) is 29.2. The van der Waals surface area contributed by atoms with Crippen molar-refractivity contribution in [2.75, 3.05) is 39.2 Å². The van der Waals surface area contributed by atoms with Crippen LogP contribution in [-0.2, 0) is 9.53 Å². The summed E-state index contributed by atoms with van der Waals surface area (Å²) >= 11 is 6.10. The molecular weight excluding hydrogens is 556 g/mol. The van der Waals surface area contributed by atoms with Crippen molar-refractivity contribution in [3.63, 3.8) is 0 Å². The van der Waals surface area contributed by atoms with Crippen LogP contribution in [0, 0.1) is 6.92 Å². The van der Waals surface area contributed by atoms with Crippen LogP contribution >= 0.6 is 11.6 Å². The molecule has 1 aromatic heterocycles. The summed E-state index contributed by atoms with van der Waals surface area (Å²) in [5.74, 6) is 0.788. The predicted molar refractivity (Wildman–Crippen MR) is 162 cm³/mol. The third kappa shape index (κ3) is 6.58. The number of nitrogens with one attached hydrogen (secondary N) is 1. The molecule has 4 aromatic rings. The van der Waals surface area contributed by atoms with Gasteiger partial charge in [0.25, 0.3) is 5.91 Å². The van der Waals surface area contributed by atoms with Crippen molar-refractivity contribution in [3.8, 4) is 28.4 Å². The summed E-state index contributed by atoms with van der Waals surface area (Å²) in [6.45, 7) is 2.69. The molecule has 1 saturated heterocycles. The van der Waals surface area contributed by atoms with Gasteiger partial charge in [-0.1, -0.05) is 41.9 Å². The van der Waals surface area contributed by atoms with Crippen molar-refractivity contribution in [2.24, 2.45) is 0 Å². The van der Waals surface area contributed by atoms with Gasteiger partial charge in [0.15, 0.2) is 11.5 Å². The van der Waals surface area contributed by atoms with E-state index in [-0.39, 0.29) is 30.4 Å². The number of carbonyl (C=O) groups is 2. The highest BCUT2D eigenvalue weighted by molar-refractivity contribution is 6.30. The second-order valence-corrected chi connectivity index (χ2v) is 10.5. The van der Waals surface area contributed by atoms with Crippen LogP contribution in [0.4, 0.5) is 5.95 Å². The van der Waals surface area contributed by atoms with Gasteiger partial charge in [0.05, 0.1) is 31.7 Å². The number of methoxy groups -OCH3 is 2. The van der Waals surface area contributed by atoms with E-state index in [9.17, 15) is 9.59 Å². The van der Waals surface area contributed by atoms with Gasteiger partial charge in [0, 0.05) is 41.6 Å². The van der Waals surface area contributed by atoms with E-state index in [4.69, 9.17) is 30.8 Å². The lowest BCUT2D eigenvalue weighted by molar-refractivity contribution is -0.117. The lowest BCUT2D eigenvalue weighted by Crippen LogP contribution is -2.42. The van der Waals surface area contributed by atoms with Crippen molar-refractivity contribution in [1.82, 2.24) is 14.5 Å². The number of rotatable bonds is 10. The number of imidazole rings is 1. The number of nitrogens with zero attached hydrogens (tertiary/aromatic N) is 3. The van der Waals surface area contributed by atoms with E-state index >= 15 is 0 Å². The summed E-state index contributed by atoms with van der Waals surface area (Å²) in [7, 11) is 3.13. The zero-order chi connectivity index (χ0) is 29.6. The molecule has 0 radical (unpaired) electrons. The van der Waals surface area contributed by atoms with Gasteiger partial charge < -0.3 is 19.1 Å². The van der Waals surface area contributed by atoms with Gasteiger partial charge in [0.1, 0.15) is 6.54 Å². The molecule has 2 heterocycles. The quantitative estimate of drug-likeness (QED) is 0.252. The van der Waals surface area contributed by atoms with E-state index in [2.05, 4.69) is 5.32 Å². The van der Waals surface area contributed by atoms with Crippen LogP contribution in [0.1, 0.15) is 28.8 Å². The summed E-state index contributed by atoms with van der Waals surface area (Å²) in [5.41, 5.74) is 3.55. The fourth-order valence-corrected chi connectivity index (χ4v) is 5.10. The van der Waals surface area contributed by atoms with Crippen LogP contribution in [0.5, 0.6) is 11.5 Å². The molecule has 0 saturated carbocycles. The fourth-order valence-electron chi connectivity index (χ4n) is 4.97. The van der Waals surface area contributed by atoms with Crippen molar-refractivity contribution >= 4 is 29.4 Å². The molecule has 0 bridgehead atoms. The Morgan fingerprint density at radius 2 is 1.83 bits per heavy atom. The smallest absolute Gasteiger partial charge is 0.254 e. The van der Waals surface area contributed by atoms with E-state index < -0.39 is 0 Å². The molecule has 1 aliphatic heterocycles. The number of ether oxygens (including phenoxy) is 3. The SMILES string of the molecule is COc1ccc(-n2cc(-c3ccc(Cl)cc3)nc2NC(=O)CN(C[C@H]2CCCO2)C(=O)c2ccccc2C)cc1OC. The highest BCUT2D eigenvalue weighted by Crippen LogP contribution is 2.32. The molecule has 1 N–H and O–H groups in total. The first-order valence-corrected chi connectivity index (χ1v) is 14.1. The first-order valence-electron chi connectivity index (χ1n) is 13.7. The van der Waals surface area contributed by atoms with Crippen LogP contribution in [0.3, 0.4) is 0 Å². The summed E-state index contributed by atoms with van der Waals surface area (Å²) in [4.78, 5) is 33.5. The molecule has 1 fully saturated rings. The maximum atomic E-state index is 13.6. The number of halogens is 1. The lowest BCUT2D eigenvalue weighted by Gasteiger charge is -2.25.